The van der Waals surface area contributed by atoms with Crippen LogP contribution in [0.2, 0.25) is 0 Å². The van der Waals surface area contributed by atoms with Crippen LogP contribution in [0, 0.1) is 0 Å². The Hall–Kier alpha value is -4.39. The Kier molecular flexibility index (Phi) is 7.48. The highest BCUT2D eigenvalue weighted by molar-refractivity contribution is 5.84. The second-order valence-electron chi connectivity index (χ2n) is 10.8. The molecule has 2 N–H and O–H groups in total. The van der Waals surface area contributed by atoms with Crippen LogP contribution < -0.4 is 10.1 Å². The maximum absolute atomic E-state index is 10.4. The number of rotatable bonds is 9. The fourth-order valence-corrected chi connectivity index (χ4v) is 6.22. The molecule has 0 aliphatic carbocycles. The molecule has 226 valence electrons. The number of benzene rings is 3. The molecule has 2 aliphatic rings. The van der Waals surface area contributed by atoms with Crippen LogP contribution >= 0.6 is 0 Å². The number of ether oxygens (including phenoxy) is 5. The van der Waals surface area contributed by atoms with Crippen molar-refractivity contribution in [3.63, 3.8) is 0 Å². The van der Waals surface area contributed by atoms with Gasteiger partial charge in [-0.1, -0.05) is 72.8 Å². The average molecular weight is 596 g/mol. The summed E-state index contributed by atoms with van der Waals surface area (Å²) in [6.07, 6.45) is -0.00488. The van der Waals surface area contributed by atoms with Gasteiger partial charge in [-0.15, -0.1) is 0 Å². The minimum Gasteiger partial charge on any atom is -0.497 e. The zero-order valence-electron chi connectivity index (χ0n) is 24.5. The molecule has 7 rings (SSSR count). The van der Waals surface area contributed by atoms with Crippen molar-refractivity contribution in [2.24, 2.45) is 0 Å². The molecule has 11 heteroatoms. The maximum atomic E-state index is 10.4. The number of aliphatic hydroxyl groups is 1. The van der Waals surface area contributed by atoms with E-state index < -0.39 is 42.7 Å². The van der Waals surface area contributed by atoms with Crippen molar-refractivity contribution in [2.75, 3.05) is 19.5 Å². The van der Waals surface area contributed by atoms with Crippen molar-refractivity contribution >= 4 is 17.0 Å². The van der Waals surface area contributed by atoms with Crippen LogP contribution in [0.4, 0.5) is 5.82 Å². The topological polar surface area (TPSA) is 122 Å². The van der Waals surface area contributed by atoms with E-state index in [1.807, 2.05) is 48.5 Å². The number of methoxy groups -OCH3 is 2. The summed E-state index contributed by atoms with van der Waals surface area (Å²) >= 11 is 0. The quantitative estimate of drug-likeness (QED) is 0.240. The summed E-state index contributed by atoms with van der Waals surface area (Å²) < 4.78 is 30.7. The third-order valence-corrected chi connectivity index (χ3v) is 8.31. The first-order valence-corrected chi connectivity index (χ1v) is 14.4. The van der Waals surface area contributed by atoms with E-state index in [4.69, 9.17) is 33.7 Å². The molecule has 11 nitrogen and oxygen atoms in total. The highest BCUT2D eigenvalue weighted by atomic mass is 16.9. The summed E-state index contributed by atoms with van der Waals surface area (Å²) in [7, 11) is 3.16. The minimum atomic E-state index is -0.861. The van der Waals surface area contributed by atoms with Crippen LogP contribution in [0.1, 0.15) is 29.8 Å². The van der Waals surface area contributed by atoms with Crippen LogP contribution in [0.25, 0.3) is 11.2 Å². The summed E-state index contributed by atoms with van der Waals surface area (Å²) in [5, 5.41) is 14.2. The summed E-state index contributed by atoms with van der Waals surface area (Å²) in [6.45, 7) is 0.802. The number of nitrogens with one attached hydrogen (secondary N) is 1. The highest BCUT2D eigenvalue weighted by Crippen LogP contribution is 2.44. The third kappa shape index (κ3) is 4.70. The van der Waals surface area contributed by atoms with Gasteiger partial charge in [-0.25, -0.2) is 15.0 Å². The number of anilines is 1. The zero-order valence-corrected chi connectivity index (χ0v) is 24.5. The molecule has 0 saturated carbocycles. The smallest absolute Gasteiger partial charge is 0.272 e. The minimum absolute atomic E-state index is 0.525. The van der Waals surface area contributed by atoms with Crippen molar-refractivity contribution < 1.29 is 28.8 Å². The van der Waals surface area contributed by atoms with Crippen molar-refractivity contribution in [1.82, 2.24) is 19.5 Å². The SMILES string of the molecule is COc1ccc(C(Nc2ncnc3c2ncn3[C@@H]2O[C@H]([C@H](C)O)[C@H]3OC(OC)O[C@H]32)(c2ccccc2)c2ccccc2)cc1. The standard InChI is InChI=1S/C33H33N5O6/c1-20(39)26-27-28(44-32(41-3)43-27)31(42-26)38-19-36-25-29(34-18-35-30(25)38)37-33(21-10-6-4-7-11-21,22-12-8-5-9-13-22)23-14-16-24(40-2)17-15-23/h4-20,26-28,31-32,39H,1-3H3,(H,34,35,37)/t20-,26+,27+,28+,31+,32?/m0/s1. The molecule has 6 atom stereocenters. The summed E-state index contributed by atoms with van der Waals surface area (Å²) in [4.78, 5) is 14.1. The lowest BCUT2D eigenvalue weighted by atomic mass is 9.77. The number of fused-ring (bicyclic) bond motifs is 2. The van der Waals surface area contributed by atoms with Gasteiger partial charge in [0, 0.05) is 7.11 Å². The fourth-order valence-electron chi connectivity index (χ4n) is 6.22. The van der Waals surface area contributed by atoms with Gasteiger partial charge in [-0.05, 0) is 35.7 Å². The molecule has 2 fully saturated rings. The van der Waals surface area contributed by atoms with Crippen LogP contribution in [-0.4, -0.2) is 69.7 Å². The van der Waals surface area contributed by atoms with E-state index in [0.717, 1.165) is 22.4 Å². The molecular weight excluding hydrogens is 562 g/mol. The molecule has 5 aromatic rings. The molecule has 2 aromatic heterocycles. The van der Waals surface area contributed by atoms with Crippen LogP contribution in [-0.2, 0) is 24.5 Å². The lowest BCUT2D eigenvalue weighted by molar-refractivity contribution is -0.259. The third-order valence-electron chi connectivity index (χ3n) is 8.31. The van der Waals surface area contributed by atoms with Crippen molar-refractivity contribution in [1.29, 1.82) is 0 Å². The molecule has 0 radical (unpaired) electrons. The Bertz CT molecular complexity index is 1680. The van der Waals surface area contributed by atoms with Gasteiger partial charge in [0.1, 0.15) is 35.9 Å². The Balaban J connectivity index is 1.36. The number of aromatic nitrogens is 4. The number of hydrogen-bond acceptors (Lipinski definition) is 10. The first-order chi connectivity index (χ1) is 21.5. The molecule has 3 aromatic carbocycles. The molecule has 0 spiro atoms. The van der Waals surface area contributed by atoms with Crippen LogP contribution in [0.3, 0.4) is 0 Å². The van der Waals surface area contributed by atoms with Gasteiger partial charge in [0.2, 0.25) is 0 Å². The Labute approximate surface area is 254 Å². The van der Waals surface area contributed by atoms with Gasteiger partial charge in [0.25, 0.3) is 6.48 Å². The van der Waals surface area contributed by atoms with Crippen molar-refractivity contribution in [3.8, 4) is 5.75 Å². The van der Waals surface area contributed by atoms with Gasteiger partial charge >= 0.3 is 0 Å². The molecule has 0 bridgehead atoms. The highest BCUT2D eigenvalue weighted by Gasteiger charge is 2.55. The number of hydrogen-bond donors (Lipinski definition) is 2. The second kappa shape index (κ2) is 11.6. The molecule has 0 amide bonds. The van der Waals surface area contributed by atoms with E-state index >= 15 is 0 Å². The van der Waals surface area contributed by atoms with E-state index in [9.17, 15) is 5.11 Å². The van der Waals surface area contributed by atoms with E-state index in [-0.39, 0.29) is 0 Å². The first-order valence-electron chi connectivity index (χ1n) is 14.4. The summed E-state index contributed by atoms with van der Waals surface area (Å²) in [6, 6.07) is 28.4. The lowest BCUT2D eigenvalue weighted by Gasteiger charge is -2.37. The van der Waals surface area contributed by atoms with Gasteiger partial charge < -0.3 is 34.1 Å². The Morgan fingerprint density at radius 3 is 2.07 bits per heavy atom. The number of nitrogens with zero attached hydrogens (tertiary/aromatic N) is 4. The molecule has 2 aliphatic heterocycles. The van der Waals surface area contributed by atoms with Crippen molar-refractivity contribution in [2.45, 2.75) is 49.6 Å². The molecule has 2 saturated heterocycles. The Morgan fingerprint density at radius 1 is 0.818 bits per heavy atom. The predicted molar refractivity (Wildman–Crippen MR) is 161 cm³/mol. The summed E-state index contributed by atoms with van der Waals surface area (Å²) in [5.41, 5.74) is 3.20. The molecular formula is C33H33N5O6. The normalized spacial score (nSPS) is 23.9. The largest absolute Gasteiger partial charge is 0.497 e. The van der Waals surface area contributed by atoms with E-state index in [1.165, 1.54) is 13.4 Å². The number of aliphatic hydroxyl groups excluding tert-OH is 1. The van der Waals surface area contributed by atoms with E-state index in [2.05, 4.69) is 46.7 Å². The molecule has 1 unspecified atom stereocenters. The maximum Gasteiger partial charge on any atom is 0.272 e. The monoisotopic (exact) mass is 595 g/mol. The average Bonchev–Trinajstić information content (AvgIpc) is 3.78. The Morgan fingerprint density at radius 2 is 1.45 bits per heavy atom. The van der Waals surface area contributed by atoms with Crippen LogP contribution in [0.5, 0.6) is 5.75 Å². The predicted octanol–water partition coefficient (Wildman–Crippen LogP) is 4.23. The van der Waals surface area contributed by atoms with Gasteiger partial charge in [-0.3, -0.25) is 4.57 Å². The van der Waals surface area contributed by atoms with Crippen molar-refractivity contribution in [3.05, 3.63) is 114 Å². The number of imidazole rings is 1. The second-order valence-corrected chi connectivity index (χ2v) is 10.8. The fraction of sp³-hybridized carbons (Fsp3) is 0.303. The van der Waals surface area contributed by atoms with E-state index in [1.54, 1.807) is 24.9 Å². The first kappa shape index (κ1) is 28.4. The zero-order chi connectivity index (χ0) is 30.3. The van der Waals surface area contributed by atoms with E-state index in [0.29, 0.717) is 17.0 Å². The molecule has 44 heavy (non-hydrogen) atoms. The van der Waals surface area contributed by atoms with Gasteiger partial charge in [0.15, 0.2) is 23.2 Å². The summed E-state index contributed by atoms with van der Waals surface area (Å²) in [5.74, 6) is 1.28. The lowest BCUT2D eigenvalue weighted by Crippen LogP contribution is -2.38. The molecule has 4 heterocycles. The van der Waals surface area contributed by atoms with Gasteiger partial charge in [0.05, 0.1) is 19.5 Å². The van der Waals surface area contributed by atoms with Gasteiger partial charge in [-0.2, -0.15) is 0 Å². The van der Waals surface area contributed by atoms with Crippen LogP contribution in [0.15, 0.2) is 97.6 Å².